The quantitative estimate of drug-likeness (QED) is 0.691. The molecule has 1 atom stereocenters. The molecule has 33 heavy (non-hydrogen) atoms. The standard InChI is InChI=1S/C23H28F3N5O2/c1-2-19(15-3-5-17(6-4-15)23(24,25)26)30-22(32)31-10-7-16-13-27-21(29-20(16)14-31)28-18-8-11-33-12-9-18/h3-6,13,18-19H,2,7-12,14H2,1H3,(H,30,32)(H,27,28,29)/t19-/m1/s1. The Morgan fingerprint density at radius 1 is 1.24 bits per heavy atom. The number of carbonyl (C=O) groups excluding carboxylic acids is 1. The lowest BCUT2D eigenvalue weighted by Crippen LogP contribution is -2.44. The van der Waals surface area contributed by atoms with E-state index in [1.165, 1.54) is 12.1 Å². The van der Waals surface area contributed by atoms with Crippen molar-refractivity contribution in [3.05, 3.63) is 52.8 Å². The molecule has 7 nitrogen and oxygen atoms in total. The number of aromatic nitrogens is 2. The summed E-state index contributed by atoms with van der Waals surface area (Å²) in [7, 11) is 0. The molecule has 2 amide bonds. The predicted octanol–water partition coefficient (Wildman–Crippen LogP) is 4.31. The van der Waals surface area contributed by atoms with E-state index in [0.717, 1.165) is 36.2 Å². The van der Waals surface area contributed by atoms with Crippen LogP contribution in [-0.2, 0) is 23.9 Å². The summed E-state index contributed by atoms with van der Waals surface area (Å²) in [5.41, 5.74) is 1.77. The zero-order valence-corrected chi connectivity index (χ0v) is 18.5. The van der Waals surface area contributed by atoms with Crippen molar-refractivity contribution in [3.63, 3.8) is 0 Å². The fraction of sp³-hybridized carbons (Fsp3) is 0.522. The SMILES string of the molecule is CC[C@@H](NC(=O)N1CCc2cnc(NC3CCOCC3)nc2C1)c1ccc(C(F)(F)F)cc1. The highest BCUT2D eigenvalue weighted by atomic mass is 19.4. The summed E-state index contributed by atoms with van der Waals surface area (Å²) in [6, 6.07) is 4.57. The van der Waals surface area contributed by atoms with E-state index in [-0.39, 0.29) is 18.1 Å². The van der Waals surface area contributed by atoms with E-state index in [1.54, 1.807) is 4.90 Å². The first-order valence-electron chi connectivity index (χ1n) is 11.2. The Morgan fingerprint density at radius 3 is 2.64 bits per heavy atom. The molecule has 1 aromatic heterocycles. The Morgan fingerprint density at radius 2 is 1.97 bits per heavy atom. The maximum atomic E-state index is 12.9. The van der Waals surface area contributed by atoms with Crippen molar-refractivity contribution in [2.24, 2.45) is 0 Å². The molecular formula is C23H28F3N5O2. The van der Waals surface area contributed by atoms with E-state index < -0.39 is 11.7 Å². The number of carbonyl (C=O) groups is 1. The molecular weight excluding hydrogens is 435 g/mol. The molecule has 0 unspecified atom stereocenters. The highest BCUT2D eigenvalue weighted by Gasteiger charge is 2.30. The number of hydrogen-bond acceptors (Lipinski definition) is 5. The highest BCUT2D eigenvalue weighted by Crippen LogP contribution is 2.30. The smallest absolute Gasteiger partial charge is 0.381 e. The van der Waals surface area contributed by atoms with E-state index >= 15 is 0 Å². The molecule has 0 bridgehead atoms. The molecule has 1 saturated heterocycles. The van der Waals surface area contributed by atoms with Gasteiger partial charge in [-0.2, -0.15) is 13.2 Å². The lowest BCUT2D eigenvalue weighted by Gasteiger charge is -2.30. The van der Waals surface area contributed by atoms with Crippen molar-refractivity contribution in [2.45, 2.75) is 57.4 Å². The minimum atomic E-state index is -4.38. The van der Waals surface area contributed by atoms with E-state index in [2.05, 4.69) is 20.6 Å². The molecule has 0 spiro atoms. The van der Waals surface area contributed by atoms with Crippen LogP contribution in [0, 0.1) is 0 Å². The van der Waals surface area contributed by atoms with Gasteiger partial charge in [0.1, 0.15) is 0 Å². The second-order valence-corrected chi connectivity index (χ2v) is 8.40. The molecule has 0 radical (unpaired) electrons. The van der Waals surface area contributed by atoms with Crippen molar-refractivity contribution >= 4 is 12.0 Å². The second-order valence-electron chi connectivity index (χ2n) is 8.40. The minimum Gasteiger partial charge on any atom is -0.381 e. The maximum Gasteiger partial charge on any atom is 0.416 e. The average Bonchev–Trinajstić information content (AvgIpc) is 2.82. The molecule has 2 aromatic rings. The Kier molecular flexibility index (Phi) is 7.02. The Labute approximate surface area is 190 Å². The van der Waals surface area contributed by atoms with E-state index in [1.807, 2.05) is 13.1 Å². The van der Waals surface area contributed by atoms with Crippen LogP contribution in [-0.4, -0.2) is 46.7 Å². The lowest BCUT2D eigenvalue weighted by atomic mass is 10.0. The topological polar surface area (TPSA) is 79.4 Å². The number of ether oxygens (including phenoxy) is 1. The molecule has 4 rings (SSSR count). The first kappa shape index (κ1) is 23.3. The molecule has 2 aliphatic rings. The number of urea groups is 1. The van der Waals surface area contributed by atoms with Gasteiger partial charge in [-0.1, -0.05) is 19.1 Å². The number of nitrogens with one attached hydrogen (secondary N) is 2. The van der Waals surface area contributed by atoms with Gasteiger partial charge in [0.05, 0.1) is 23.8 Å². The summed E-state index contributed by atoms with van der Waals surface area (Å²) in [6.45, 7) is 4.20. The van der Waals surface area contributed by atoms with Crippen LogP contribution in [0.15, 0.2) is 30.5 Å². The van der Waals surface area contributed by atoms with Gasteiger partial charge in [0.25, 0.3) is 0 Å². The molecule has 1 aromatic carbocycles. The van der Waals surface area contributed by atoms with Crippen molar-refractivity contribution < 1.29 is 22.7 Å². The molecule has 2 N–H and O–H groups in total. The van der Waals surface area contributed by atoms with Gasteiger partial charge in [0, 0.05) is 32.0 Å². The van der Waals surface area contributed by atoms with E-state index in [0.29, 0.717) is 50.7 Å². The fourth-order valence-electron chi connectivity index (χ4n) is 4.14. The summed E-state index contributed by atoms with van der Waals surface area (Å²) in [6.07, 6.45) is 0.441. The van der Waals surface area contributed by atoms with Crippen LogP contribution in [0.1, 0.15) is 54.6 Å². The van der Waals surface area contributed by atoms with Gasteiger partial charge in [-0.15, -0.1) is 0 Å². The van der Waals surface area contributed by atoms with Crippen molar-refractivity contribution in [3.8, 4) is 0 Å². The number of hydrogen-bond donors (Lipinski definition) is 2. The Hall–Kier alpha value is -2.88. The third kappa shape index (κ3) is 5.73. The zero-order chi connectivity index (χ0) is 23.4. The number of anilines is 1. The monoisotopic (exact) mass is 463 g/mol. The lowest BCUT2D eigenvalue weighted by molar-refractivity contribution is -0.137. The minimum absolute atomic E-state index is 0.259. The highest BCUT2D eigenvalue weighted by molar-refractivity contribution is 5.75. The van der Waals surface area contributed by atoms with Gasteiger partial charge in [-0.05, 0) is 48.9 Å². The first-order valence-corrected chi connectivity index (χ1v) is 11.2. The first-order chi connectivity index (χ1) is 15.8. The van der Waals surface area contributed by atoms with E-state index in [4.69, 9.17) is 4.74 Å². The van der Waals surface area contributed by atoms with Gasteiger partial charge in [0.2, 0.25) is 5.95 Å². The number of halogens is 3. The van der Waals surface area contributed by atoms with Gasteiger partial charge < -0.3 is 20.3 Å². The summed E-state index contributed by atoms with van der Waals surface area (Å²) < 4.78 is 43.9. The third-order valence-corrected chi connectivity index (χ3v) is 6.13. The van der Waals surface area contributed by atoms with Gasteiger partial charge >= 0.3 is 12.2 Å². The average molecular weight is 464 g/mol. The third-order valence-electron chi connectivity index (χ3n) is 6.13. The molecule has 2 aliphatic heterocycles. The van der Waals surface area contributed by atoms with Crippen LogP contribution in [0.4, 0.5) is 23.9 Å². The van der Waals surface area contributed by atoms with Crippen LogP contribution in [0.3, 0.4) is 0 Å². The van der Waals surface area contributed by atoms with Crippen LogP contribution in [0.2, 0.25) is 0 Å². The summed E-state index contributed by atoms with van der Waals surface area (Å²) in [5, 5.41) is 6.31. The van der Waals surface area contributed by atoms with Gasteiger partial charge in [0.15, 0.2) is 0 Å². The molecule has 10 heteroatoms. The number of alkyl halides is 3. The molecule has 3 heterocycles. The van der Waals surface area contributed by atoms with E-state index in [9.17, 15) is 18.0 Å². The molecule has 1 fully saturated rings. The predicted molar refractivity (Wildman–Crippen MR) is 117 cm³/mol. The maximum absolute atomic E-state index is 12.9. The van der Waals surface area contributed by atoms with Crippen molar-refractivity contribution in [1.82, 2.24) is 20.2 Å². The van der Waals surface area contributed by atoms with Crippen molar-refractivity contribution in [2.75, 3.05) is 25.1 Å². The Balaban J connectivity index is 1.39. The van der Waals surface area contributed by atoms with Crippen LogP contribution in [0.5, 0.6) is 0 Å². The normalized spacial score (nSPS) is 17.9. The number of fused-ring (bicyclic) bond motifs is 1. The van der Waals surface area contributed by atoms with Crippen LogP contribution in [0.25, 0.3) is 0 Å². The number of rotatable bonds is 5. The van der Waals surface area contributed by atoms with Gasteiger partial charge in [-0.25, -0.2) is 14.8 Å². The molecule has 0 aliphatic carbocycles. The fourth-order valence-corrected chi connectivity index (χ4v) is 4.14. The largest absolute Gasteiger partial charge is 0.416 e. The second kappa shape index (κ2) is 9.94. The van der Waals surface area contributed by atoms with Gasteiger partial charge in [-0.3, -0.25) is 0 Å². The number of benzene rings is 1. The Bertz CT molecular complexity index is 962. The molecule has 178 valence electrons. The summed E-state index contributed by atoms with van der Waals surface area (Å²) >= 11 is 0. The summed E-state index contributed by atoms with van der Waals surface area (Å²) in [4.78, 5) is 23.7. The number of amides is 2. The molecule has 0 saturated carbocycles. The number of nitrogens with zero attached hydrogens (tertiary/aromatic N) is 3. The van der Waals surface area contributed by atoms with Crippen molar-refractivity contribution in [1.29, 1.82) is 0 Å². The van der Waals surface area contributed by atoms with Crippen LogP contribution >= 0.6 is 0 Å². The summed E-state index contributed by atoms with van der Waals surface area (Å²) in [5.74, 6) is 0.555. The van der Waals surface area contributed by atoms with Crippen LogP contribution < -0.4 is 10.6 Å². The zero-order valence-electron chi connectivity index (χ0n) is 18.5.